The Balaban J connectivity index is 1.52. The Hall–Kier alpha value is -3.47. The maximum Gasteiger partial charge on any atom is 0.254 e. The maximum absolute atomic E-state index is 13.5. The highest BCUT2D eigenvalue weighted by Gasteiger charge is 2.31. The third kappa shape index (κ3) is 3.68. The molecule has 1 fully saturated rings. The molecule has 0 unspecified atom stereocenters. The van der Waals surface area contributed by atoms with Crippen LogP contribution in [-0.4, -0.2) is 31.9 Å². The number of hydrogen-bond acceptors (Lipinski definition) is 3. The fraction of sp³-hybridized carbons (Fsp3) is 0.296. The summed E-state index contributed by atoms with van der Waals surface area (Å²) >= 11 is 0. The van der Waals surface area contributed by atoms with E-state index in [1.807, 2.05) is 65.9 Å². The lowest BCUT2D eigenvalue weighted by Gasteiger charge is -2.35. The van der Waals surface area contributed by atoms with Crippen LogP contribution in [0.25, 0.3) is 16.9 Å². The van der Waals surface area contributed by atoms with Crippen LogP contribution in [0.5, 0.6) is 0 Å². The molecule has 2 aromatic carbocycles. The van der Waals surface area contributed by atoms with Crippen molar-refractivity contribution >= 4 is 11.6 Å². The summed E-state index contributed by atoms with van der Waals surface area (Å²) in [5, 5.41) is 4.86. The quantitative estimate of drug-likeness (QED) is 0.425. The topological polar surface area (TPSA) is 50.5 Å². The third-order valence-electron chi connectivity index (χ3n) is 6.43. The fourth-order valence-corrected chi connectivity index (χ4v) is 4.68. The minimum absolute atomic E-state index is 0.0293. The van der Waals surface area contributed by atoms with Gasteiger partial charge in [-0.1, -0.05) is 48.0 Å². The molecule has 0 saturated carbocycles. The average molecular weight is 425 g/mol. The average Bonchev–Trinajstić information content (AvgIpc) is 3.23. The Labute approximate surface area is 188 Å². The number of likely N-dealkylation sites (tertiary alicyclic amines) is 1. The molecule has 0 radical (unpaired) electrons. The summed E-state index contributed by atoms with van der Waals surface area (Å²) in [6.45, 7) is 6.86. The number of carbonyl (C=O) groups is 1. The van der Waals surface area contributed by atoms with Crippen LogP contribution in [0.1, 0.15) is 58.0 Å². The molecule has 5 nitrogen and oxygen atoms in total. The van der Waals surface area contributed by atoms with E-state index in [-0.39, 0.29) is 11.9 Å². The molecular formula is C27H28N4O. The molecule has 1 aliphatic heterocycles. The Morgan fingerprint density at radius 3 is 2.59 bits per heavy atom. The molecule has 0 N–H and O–H groups in total. The van der Waals surface area contributed by atoms with E-state index in [2.05, 4.69) is 25.1 Å². The van der Waals surface area contributed by atoms with Gasteiger partial charge in [-0.2, -0.15) is 5.10 Å². The number of benzene rings is 2. The molecule has 1 atom stereocenters. The van der Waals surface area contributed by atoms with Gasteiger partial charge >= 0.3 is 0 Å². The first-order valence-corrected chi connectivity index (χ1v) is 11.3. The molecule has 0 bridgehead atoms. The molecule has 2 aromatic heterocycles. The largest absolute Gasteiger partial charge is 0.330 e. The molecule has 0 spiro atoms. The molecule has 1 saturated heterocycles. The third-order valence-corrected chi connectivity index (χ3v) is 6.43. The molecule has 0 aliphatic carbocycles. The molecule has 5 heteroatoms. The SMILES string of the molecule is Cc1ccc(C)c(C(=O)N2CCCC[C@H]2c2cc3nc(-c4ccccc4)c(C)cn3n2)c1. The van der Waals surface area contributed by atoms with Gasteiger partial charge in [0.05, 0.1) is 17.4 Å². The van der Waals surface area contributed by atoms with Gasteiger partial charge in [0.15, 0.2) is 5.65 Å². The van der Waals surface area contributed by atoms with Gasteiger partial charge in [0.25, 0.3) is 5.91 Å². The number of hydrogen-bond donors (Lipinski definition) is 0. The summed E-state index contributed by atoms with van der Waals surface area (Å²) in [6.07, 6.45) is 5.08. The van der Waals surface area contributed by atoms with E-state index in [0.29, 0.717) is 0 Å². The normalized spacial score (nSPS) is 16.5. The van der Waals surface area contributed by atoms with Crippen molar-refractivity contribution in [3.05, 3.63) is 88.7 Å². The van der Waals surface area contributed by atoms with Crippen molar-refractivity contribution in [1.29, 1.82) is 0 Å². The van der Waals surface area contributed by atoms with Crippen molar-refractivity contribution in [2.75, 3.05) is 6.54 Å². The molecule has 32 heavy (non-hydrogen) atoms. The first-order valence-electron chi connectivity index (χ1n) is 11.3. The number of aromatic nitrogens is 3. The zero-order valence-electron chi connectivity index (χ0n) is 18.9. The molecule has 162 valence electrons. The van der Waals surface area contributed by atoms with Gasteiger partial charge in [0.1, 0.15) is 0 Å². The number of carbonyl (C=O) groups excluding carboxylic acids is 1. The minimum atomic E-state index is -0.0293. The summed E-state index contributed by atoms with van der Waals surface area (Å²) in [7, 11) is 0. The lowest BCUT2D eigenvalue weighted by Crippen LogP contribution is -2.39. The van der Waals surface area contributed by atoms with E-state index < -0.39 is 0 Å². The van der Waals surface area contributed by atoms with E-state index in [1.165, 1.54) is 0 Å². The zero-order valence-corrected chi connectivity index (χ0v) is 18.9. The number of amides is 1. The van der Waals surface area contributed by atoms with Crippen molar-refractivity contribution in [2.45, 2.75) is 46.1 Å². The van der Waals surface area contributed by atoms with Gasteiger partial charge in [-0.3, -0.25) is 4.79 Å². The molecule has 4 aromatic rings. The van der Waals surface area contributed by atoms with Crippen molar-refractivity contribution in [2.24, 2.45) is 0 Å². The molecule has 1 aliphatic rings. The maximum atomic E-state index is 13.5. The van der Waals surface area contributed by atoms with Crippen LogP contribution in [0.4, 0.5) is 0 Å². The Kier molecular flexibility index (Phi) is 5.25. The highest BCUT2D eigenvalue weighted by Crippen LogP contribution is 2.33. The van der Waals surface area contributed by atoms with Gasteiger partial charge < -0.3 is 4.90 Å². The van der Waals surface area contributed by atoms with Crippen LogP contribution in [0.3, 0.4) is 0 Å². The number of aryl methyl sites for hydroxylation is 3. The van der Waals surface area contributed by atoms with Gasteiger partial charge in [0.2, 0.25) is 0 Å². The van der Waals surface area contributed by atoms with E-state index in [1.54, 1.807) is 0 Å². The van der Waals surface area contributed by atoms with Crippen molar-refractivity contribution in [3.63, 3.8) is 0 Å². The summed E-state index contributed by atoms with van der Waals surface area (Å²) in [6, 6.07) is 18.3. The Morgan fingerprint density at radius 2 is 1.78 bits per heavy atom. The standard InChI is InChI=1S/C27H28N4O/c1-18-12-13-19(2)22(15-18)27(32)30-14-8-7-11-24(30)23-16-25-28-26(20(3)17-31(25)29-23)21-9-5-4-6-10-21/h4-6,9-10,12-13,15-17,24H,7-8,11,14H2,1-3H3/t24-/m0/s1. The van der Waals surface area contributed by atoms with Crippen LogP contribution < -0.4 is 0 Å². The second kappa shape index (κ2) is 8.23. The predicted molar refractivity (Wildman–Crippen MR) is 127 cm³/mol. The van der Waals surface area contributed by atoms with E-state index in [9.17, 15) is 4.79 Å². The Bertz CT molecular complexity index is 1290. The van der Waals surface area contributed by atoms with Gasteiger partial charge in [0, 0.05) is 29.9 Å². The molecule has 1 amide bonds. The van der Waals surface area contributed by atoms with Crippen LogP contribution in [0, 0.1) is 20.8 Å². The first-order chi connectivity index (χ1) is 15.5. The van der Waals surface area contributed by atoms with Gasteiger partial charge in [-0.25, -0.2) is 9.50 Å². The van der Waals surface area contributed by atoms with Gasteiger partial charge in [-0.15, -0.1) is 0 Å². The molecule has 5 rings (SSSR count). The lowest BCUT2D eigenvalue weighted by atomic mass is 9.96. The Morgan fingerprint density at radius 1 is 0.969 bits per heavy atom. The minimum Gasteiger partial charge on any atom is -0.330 e. The van der Waals surface area contributed by atoms with E-state index in [0.717, 1.165) is 70.7 Å². The van der Waals surface area contributed by atoms with Crippen LogP contribution >= 0.6 is 0 Å². The van der Waals surface area contributed by atoms with Crippen LogP contribution in [0.2, 0.25) is 0 Å². The highest BCUT2D eigenvalue weighted by atomic mass is 16.2. The van der Waals surface area contributed by atoms with E-state index >= 15 is 0 Å². The van der Waals surface area contributed by atoms with Crippen LogP contribution in [0.15, 0.2) is 60.8 Å². The second-order valence-electron chi connectivity index (χ2n) is 8.84. The number of nitrogens with zero attached hydrogens (tertiary/aromatic N) is 4. The van der Waals surface area contributed by atoms with E-state index in [4.69, 9.17) is 10.1 Å². The first kappa shape index (κ1) is 20.4. The number of fused-ring (bicyclic) bond motifs is 1. The van der Waals surface area contributed by atoms with Crippen LogP contribution in [-0.2, 0) is 0 Å². The van der Waals surface area contributed by atoms with Crippen molar-refractivity contribution in [3.8, 4) is 11.3 Å². The predicted octanol–water partition coefficient (Wildman–Crippen LogP) is 5.69. The summed E-state index contributed by atoms with van der Waals surface area (Å²) < 4.78 is 1.85. The smallest absolute Gasteiger partial charge is 0.254 e. The number of piperidine rings is 1. The molecular weight excluding hydrogens is 396 g/mol. The van der Waals surface area contributed by atoms with Gasteiger partial charge in [-0.05, 0) is 57.2 Å². The summed E-state index contributed by atoms with van der Waals surface area (Å²) in [4.78, 5) is 20.5. The van der Waals surface area contributed by atoms with Crippen molar-refractivity contribution in [1.82, 2.24) is 19.5 Å². The molecule has 3 heterocycles. The van der Waals surface area contributed by atoms with Crippen molar-refractivity contribution < 1.29 is 4.79 Å². The second-order valence-corrected chi connectivity index (χ2v) is 8.84. The summed E-state index contributed by atoms with van der Waals surface area (Å²) in [5.41, 5.74) is 7.79. The monoisotopic (exact) mass is 424 g/mol. The highest BCUT2D eigenvalue weighted by molar-refractivity contribution is 5.96. The summed E-state index contributed by atoms with van der Waals surface area (Å²) in [5.74, 6) is 0.0991. The number of rotatable bonds is 3. The lowest BCUT2D eigenvalue weighted by molar-refractivity contribution is 0.0605. The zero-order chi connectivity index (χ0) is 22.2. The fourth-order valence-electron chi connectivity index (χ4n) is 4.68.